The molecule has 0 saturated heterocycles. The highest BCUT2D eigenvalue weighted by atomic mass is 35.5. The fraction of sp³-hybridized carbons (Fsp3) is 0.222. The van der Waals surface area contributed by atoms with Crippen LogP contribution in [0.2, 0.25) is 5.15 Å². The minimum atomic E-state index is -0.000794. The number of fused-ring (bicyclic) bond motifs is 1. The van der Waals surface area contributed by atoms with Gasteiger partial charge in [0.25, 0.3) is 0 Å². The average Bonchev–Trinajstić information content (AvgIpc) is 2.65. The minimum absolute atomic E-state index is 0.000794. The van der Waals surface area contributed by atoms with Crippen LogP contribution in [-0.2, 0) is 0 Å². The Balaban J connectivity index is 2.18. The first-order valence-corrected chi connectivity index (χ1v) is 8.07. The van der Waals surface area contributed by atoms with E-state index in [1.807, 2.05) is 18.2 Å². The van der Waals surface area contributed by atoms with Crippen LogP contribution in [-0.4, -0.2) is 42.4 Å². The van der Waals surface area contributed by atoms with Gasteiger partial charge in [-0.1, -0.05) is 11.6 Å². The van der Waals surface area contributed by atoms with Gasteiger partial charge in [-0.25, -0.2) is 9.97 Å². The van der Waals surface area contributed by atoms with Crippen molar-refractivity contribution in [3.8, 4) is 22.8 Å². The number of methoxy groups -OCH3 is 2. The highest BCUT2D eigenvalue weighted by molar-refractivity contribution is 6.30. The maximum Gasteiger partial charge on any atom is 0.134 e. The van der Waals surface area contributed by atoms with Gasteiger partial charge in [0.2, 0.25) is 0 Å². The van der Waals surface area contributed by atoms with E-state index < -0.39 is 0 Å². The van der Waals surface area contributed by atoms with Gasteiger partial charge in [0, 0.05) is 35.1 Å². The van der Waals surface area contributed by atoms with Crippen LogP contribution in [0.15, 0.2) is 36.5 Å². The molecule has 0 fully saturated rings. The van der Waals surface area contributed by atoms with Gasteiger partial charge in [-0.3, -0.25) is 0 Å². The van der Waals surface area contributed by atoms with Crippen LogP contribution >= 0.6 is 11.6 Å². The third-order valence-electron chi connectivity index (χ3n) is 3.73. The lowest BCUT2D eigenvalue weighted by Gasteiger charge is -2.13. The third kappa shape index (κ3) is 3.75. The number of hydrogen-bond acceptors (Lipinski definition) is 6. The Morgan fingerprint density at radius 2 is 1.80 bits per heavy atom. The Morgan fingerprint density at radius 3 is 2.44 bits per heavy atom. The van der Waals surface area contributed by atoms with E-state index in [4.69, 9.17) is 26.2 Å². The Kier molecular flexibility index (Phi) is 5.21. The van der Waals surface area contributed by atoms with Crippen molar-refractivity contribution >= 4 is 28.2 Å². The quantitative estimate of drug-likeness (QED) is 0.657. The van der Waals surface area contributed by atoms with Gasteiger partial charge >= 0.3 is 0 Å². The molecule has 0 aliphatic rings. The van der Waals surface area contributed by atoms with Crippen molar-refractivity contribution in [2.45, 2.75) is 0 Å². The standard InChI is InChI=1S/C18H18ClN3O3/c1-24-13-5-11(6-14(8-13)25-2)16-7-12-10-21-17(19)9-15(12)18(22-16)20-3-4-23/h5-10,23H,3-4H2,1-2H3,(H,20,22). The molecule has 25 heavy (non-hydrogen) atoms. The van der Waals surface area contributed by atoms with E-state index in [1.54, 1.807) is 32.5 Å². The number of benzene rings is 1. The number of ether oxygens (including phenoxy) is 2. The molecule has 0 amide bonds. The molecule has 3 rings (SSSR count). The largest absolute Gasteiger partial charge is 0.497 e. The molecular weight excluding hydrogens is 342 g/mol. The van der Waals surface area contributed by atoms with Gasteiger partial charge in [-0.15, -0.1) is 0 Å². The SMILES string of the molecule is COc1cc(OC)cc(-c2cc3cnc(Cl)cc3c(NCCO)n2)c1. The zero-order valence-corrected chi connectivity index (χ0v) is 14.7. The zero-order chi connectivity index (χ0) is 17.8. The predicted molar refractivity (Wildman–Crippen MR) is 98.7 cm³/mol. The lowest BCUT2D eigenvalue weighted by Crippen LogP contribution is -2.08. The number of nitrogens with one attached hydrogen (secondary N) is 1. The molecule has 7 heteroatoms. The minimum Gasteiger partial charge on any atom is -0.497 e. The Bertz CT molecular complexity index is 880. The smallest absolute Gasteiger partial charge is 0.134 e. The van der Waals surface area contributed by atoms with Crippen molar-refractivity contribution in [3.63, 3.8) is 0 Å². The Hall–Kier alpha value is -2.57. The van der Waals surface area contributed by atoms with Gasteiger partial charge in [-0.2, -0.15) is 0 Å². The molecule has 2 N–H and O–H groups in total. The summed E-state index contributed by atoms with van der Waals surface area (Å²) >= 11 is 6.01. The summed E-state index contributed by atoms with van der Waals surface area (Å²) in [4.78, 5) is 8.82. The van der Waals surface area contributed by atoms with E-state index in [2.05, 4.69) is 15.3 Å². The zero-order valence-electron chi connectivity index (χ0n) is 13.9. The summed E-state index contributed by atoms with van der Waals surface area (Å²) in [6, 6.07) is 9.25. The maximum atomic E-state index is 9.12. The normalized spacial score (nSPS) is 10.7. The number of anilines is 1. The number of aliphatic hydroxyl groups is 1. The number of halogens is 1. The average molecular weight is 360 g/mol. The molecule has 0 bridgehead atoms. The van der Waals surface area contributed by atoms with Crippen molar-refractivity contribution in [3.05, 3.63) is 41.7 Å². The highest BCUT2D eigenvalue weighted by Crippen LogP contribution is 2.33. The molecule has 2 aromatic heterocycles. The fourth-order valence-electron chi connectivity index (χ4n) is 2.53. The topological polar surface area (TPSA) is 76.5 Å². The van der Waals surface area contributed by atoms with E-state index in [-0.39, 0.29) is 6.61 Å². The summed E-state index contributed by atoms with van der Waals surface area (Å²) in [6.07, 6.45) is 1.70. The number of rotatable bonds is 6. The van der Waals surface area contributed by atoms with Crippen LogP contribution in [0.5, 0.6) is 11.5 Å². The van der Waals surface area contributed by atoms with Crippen molar-refractivity contribution in [1.29, 1.82) is 0 Å². The summed E-state index contributed by atoms with van der Waals surface area (Å²) in [6.45, 7) is 0.381. The lowest BCUT2D eigenvalue weighted by molar-refractivity contribution is 0.311. The molecule has 6 nitrogen and oxygen atoms in total. The van der Waals surface area contributed by atoms with Crippen LogP contribution in [0.25, 0.3) is 22.0 Å². The summed E-state index contributed by atoms with van der Waals surface area (Å²) in [5.74, 6) is 1.98. The van der Waals surface area contributed by atoms with Gasteiger partial charge in [0.15, 0.2) is 0 Å². The Labute approximate surface area is 150 Å². The highest BCUT2D eigenvalue weighted by Gasteiger charge is 2.11. The van der Waals surface area contributed by atoms with Crippen molar-refractivity contribution in [2.24, 2.45) is 0 Å². The Morgan fingerprint density at radius 1 is 1.08 bits per heavy atom. The maximum absolute atomic E-state index is 9.12. The number of aliphatic hydroxyl groups excluding tert-OH is 1. The van der Waals surface area contributed by atoms with Crippen LogP contribution in [0, 0.1) is 0 Å². The van der Waals surface area contributed by atoms with E-state index in [1.165, 1.54) is 0 Å². The summed E-state index contributed by atoms with van der Waals surface area (Å²) in [7, 11) is 3.21. The number of pyridine rings is 2. The van der Waals surface area contributed by atoms with E-state index in [9.17, 15) is 0 Å². The molecular formula is C18H18ClN3O3. The van der Waals surface area contributed by atoms with Crippen molar-refractivity contribution in [2.75, 3.05) is 32.7 Å². The molecule has 3 aromatic rings. The fourth-order valence-corrected chi connectivity index (χ4v) is 2.69. The molecule has 130 valence electrons. The number of aromatic nitrogens is 2. The predicted octanol–water partition coefficient (Wildman–Crippen LogP) is 3.37. The van der Waals surface area contributed by atoms with Gasteiger partial charge < -0.3 is 19.9 Å². The third-order valence-corrected chi connectivity index (χ3v) is 3.94. The lowest BCUT2D eigenvalue weighted by atomic mass is 10.1. The monoisotopic (exact) mass is 359 g/mol. The first kappa shape index (κ1) is 17.3. The summed E-state index contributed by atoms with van der Waals surface area (Å²) in [5.41, 5.74) is 1.58. The first-order chi connectivity index (χ1) is 12.1. The van der Waals surface area contributed by atoms with Crippen LogP contribution < -0.4 is 14.8 Å². The molecule has 0 atom stereocenters. The van der Waals surface area contributed by atoms with Crippen molar-refractivity contribution in [1.82, 2.24) is 9.97 Å². The molecule has 0 spiro atoms. The second-order valence-corrected chi connectivity index (χ2v) is 5.72. The van der Waals surface area contributed by atoms with Crippen LogP contribution in [0.3, 0.4) is 0 Å². The van der Waals surface area contributed by atoms with Crippen molar-refractivity contribution < 1.29 is 14.6 Å². The summed E-state index contributed by atoms with van der Waals surface area (Å²) in [5, 5.41) is 14.3. The van der Waals surface area contributed by atoms with Crippen LogP contribution in [0.1, 0.15) is 0 Å². The number of nitrogens with zero attached hydrogens (tertiary/aromatic N) is 2. The molecule has 1 aromatic carbocycles. The van der Waals surface area contributed by atoms with E-state index in [0.717, 1.165) is 22.0 Å². The molecule has 0 aliphatic carbocycles. The van der Waals surface area contributed by atoms with E-state index >= 15 is 0 Å². The first-order valence-electron chi connectivity index (χ1n) is 7.69. The second kappa shape index (κ2) is 7.55. The molecule has 0 aliphatic heterocycles. The molecule has 0 radical (unpaired) electrons. The van der Waals surface area contributed by atoms with Gasteiger partial charge in [0.1, 0.15) is 22.5 Å². The number of hydrogen-bond donors (Lipinski definition) is 2. The van der Waals surface area contributed by atoms with Gasteiger partial charge in [-0.05, 0) is 24.3 Å². The molecule has 2 heterocycles. The van der Waals surface area contributed by atoms with E-state index in [0.29, 0.717) is 29.0 Å². The molecule has 0 unspecified atom stereocenters. The second-order valence-electron chi connectivity index (χ2n) is 5.34. The van der Waals surface area contributed by atoms with Gasteiger partial charge in [0.05, 0.1) is 26.5 Å². The molecule has 0 saturated carbocycles. The van der Waals surface area contributed by atoms with Crippen LogP contribution in [0.4, 0.5) is 5.82 Å². The summed E-state index contributed by atoms with van der Waals surface area (Å²) < 4.78 is 10.7.